The number of methoxy groups -OCH3 is 2. The van der Waals surface area contributed by atoms with Crippen LogP contribution in [0.1, 0.15) is 32.8 Å². The zero-order valence-corrected chi connectivity index (χ0v) is 20.5. The topological polar surface area (TPSA) is 86.3 Å². The van der Waals surface area contributed by atoms with E-state index in [1.54, 1.807) is 24.1 Å². The number of hydrogen-bond acceptors (Lipinski definition) is 7. The maximum Gasteiger partial charge on any atom is 0.254 e. The average Bonchev–Trinajstić information content (AvgIpc) is 3.42. The Balaban J connectivity index is 1.46. The third-order valence-electron chi connectivity index (χ3n) is 6.36. The van der Waals surface area contributed by atoms with E-state index in [2.05, 4.69) is 5.32 Å². The lowest BCUT2D eigenvalue weighted by Gasteiger charge is -2.39. The largest absolute Gasteiger partial charge is 0.493 e. The van der Waals surface area contributed by atoms with Gasteiger partial charge in [0, 0.05) is 17.5 Å². The number of ether oxygens (including phenoxy) is 4. The van der Waals surface area contributed by atoms with Crippen molar-refractivity contribution >= 4 is 23.2 Å². The fourth-order valence-electron chi connectivity index (χ4n) is 4.63. The first-order valence-electron chi connectivity index (χ1n) is 11.2. The summed E-state index contributed by atoms with van der Waals surface area (Å²) in [5.41, 5.74) is 1.03. The number of rotatable bonds is 6. The number of carbonyl (C=O) groups excluding carboxylic acids is 2. The van der Waals surface area contributed by atoms with Gasteiger partial charge in [-0.15, -0.1) is 11.3 Å². The van der Waals surface area contributed by atoms with E-state index in [1.807, 2.05) is 41.8 Å². The molecule has 3 aromatic rings. The molecule has 0 saturated carbocycles. The van der Waals surface area contributed by atoms with Crippen LogP contribution in [0.25, 0.3) is 0 Å². The lowest BCUT2D eigenvalue weighted by atomic mass is 9.81. The molecule has 2 aliphatic heterocycles. The second-order valence-electron chi connectivity index (χ2n) is 8.39. The second kappa shape index (κ2) is 9.50. The van der Waals surface area contributed by atoms with E-state index in [-0.39, 0.29) is 24.5 Å². The van der Waals surface area contributed by atoms with Crippen molar-refractivity contribution in [1.82, 2.24) is 10.2 Å². The van der Waals surface area contributed by atoms with Gasteiger partial charge in [0.05, 0.1) is 32.7 Å². The Morgan fingerprint density at radius 3 is 2.57 bits per heavy atom. The van der Waals surface area contributed by atoms with Gasteiger partial charge in [0.15, 0.2) is 23.0 Å². The first kappa shape index (κ1) is 23.0. The Morgan fingerprint density at radius 1 is 1.11 bits per heavy atom. The van der Waals surface area contributed by atoms with Crippen LogP contribution in [0.5, 0.6) is 23.0 Å². The van der Waals surface area contributed by atoms with Crippen molar-refractivity contribution in [2.75, 3.05) is 34.4 Å². The molecule has 9 heteroatoms. The van der Waals surface area contributed by atoms with Crippen LogP contribution in [0, 0.1) is 0 Å². The third kappa shape index (κ3) is 4.16. The van der Waals surface area contributed by atoms with Crippen molar-refractivity contribution in [1.29, 1.82) is 0 Å². The summed E-state index contributed by atoms with van der Waals surface area (Å²) in [6.07, 6.45) is -0.332. The minimum atomic E-state index is -0.650. The predicted molar refractivity (Wildman–Crippen MR) is 131 cm³/mol. The van der Waals surface area contributed by atoms with E-state index in [4.69, 9.17) is 18.9 Å². The summed E-state index contributed by atoms with van der Waals surface area (Å²) in [5.74, 6) is 1.21. The van der Waals surface area contributed by atoms with Crippen LogP contribution in [0.3, 0.4) is 0 Å². The van der Waals surface area contributed by atoms with Gasteiger partial charge in [-0.1, -0.05) is 18.2 Å². The fraction of sp³-hybridized carbons (Fsp3) is 0.308. The van der Waals surface area contributed by atoms with Crippen molar-refractivity contribution in [2.24, 2.45) is 0 Å². The molecule has 0 unspecified atom stereocenters. The molecule has 1 N–H and O–H groups in total. The number of amides is 2. The van der Waals surface area contributed by atoms with Crippen LogP contribution in [0.4, 0.5) is 0 Å². The van der Waals surface area contributed by atoms with Crippen molar-refractivity contribution in [3.8, 4) is 23.0 Å². The molecule has 3 heterocycles. The minimum absolute atomic E-state index is 0.177. The van der Waals surface area contributed by atoms with E-state index in [0.29, 0.717) is 40.7 Å². The molecule has 1 aromatic heterocycles. The van der Waals surface area contributed by atoms with Gasteiger partial charge in [0.1, 0.15) is 12.7 Å². The third-order valence-corrected chi connectivity index (χ3v) is 7.31. The highest BCUT2D eigenvalue weighted by Gasteiger charge is 2.44. The number of hydrogen-bond donors (Lipinski definition) is 1. The summed E-state index contributed by atoms with van der Waals surface area (Å²) in [5, 5.41) is 4.98. The van der Waals surface area contributed by atoms with E-state index >= 15 is 0 Å². The van der Waals surface area contributed by atoms with Crippen molar-refractivity contribution in [3.05, 3.63) is 69.9 Å². The quantitative estimate of drug-likeness (QED) is 0.563. The van der Waals surface area contributed by atoms with Gasteiger partial charge >= 0.3 is 0 Å². The maximum absolute atomic E-state index is 13.7. The zero-order valence-electron chi connectivity index (χ0n) is 19.6. The molecular formula is C26H26N2O6S. The first-order chi connectivity index (χ1) is 17.0. The van der Waals surface area contributed by atoms with E-state index in [0.717, 1.165) is 4.88 Å². The summed E-state index contributed by atoms with van der Waals surface area (Å²) >= 11 is 1.51. The lowest BCUT2D eigenvalue weighted by Crippen LogP contribution is -2.48. The van der Waals surface area contributed by atoms with Crippen LogP contribution in [-0.4, -0.2) is 57.2 Å². The predicted octanol–water partition coefficient (Wildman–Crippen LogP) is 3.63. The Morgan fingerprint density at radius 2 is 1.86 bits per heavy atom. The Kier molecular flexibility index (Phi) is 6.25. The lowest BCUT2D eigenvalue weighted by molar-refractivity contribution is -0.124. The molecule has 8 nitrogen and oxygen atoms in total. The zero-order chi connectivity index (χ0) is 24.5. The molecule has 35 heavy (non-hydrogen) atoms. The van der Waals surface area contributed by atoms with Crippen LogP contribution in [-0.2, 0) is 4.79 Å². The molecular weight excluding hydrogens is 468 g/mol. The van der Waals surface area contributed by atoms with Gasteiger partial charge in [-0.2, -0.15) is 0 Å². The van der Waals surface area contributed by atoms with Gasteiger partial charge in [-0.3, -0.25) is 9.59 Å². The van der Waals surface area contributed by atoms with E-state index < -0.39 is 12.0 Å². The molecule has 0 aliphatic carbocycles. The summed E-state index contributed by atoms with van der Waals surface area (Å²) in [6.45, 7) is 0.595. The summed E-state index contributed by atoms with van der Waals surface area (Å²) < 4.78 is 22.7. The van der Waals surface area contributed by atoms with Crippen LogP contribution in [0.15, 0.2) is 53.9 Å². The van der Waals surface area contributed by atoms with Crippen LogP contribution < -0.4 is 24.3 Å². The standard InChI is InChI=1S/C26H26N2O6S/c1-28-24(22-9-6-10-35-22)23(16-11-20(31-2)21(32-3)12-17(16)26(28)30)25(29)27-13-15-14-33-18-7-4-5-8-19(18)34-15/h4-12,15,23-24H,13-14H2,1-3H3,(H,27,29)/t15-,23+,24-/m1/s1. The highest BCUT2D eigenvalue weighted by Crippen LogP contribution is 2.46. The van der Waals surface area contributed by atoms with Gasteiger partial charge in [0.2, 0.25) is 5.91 Å². The molecule has 2 aliphatic rings. The monoisotopic (exact) mass is 494 g/mol. The second-order valence-corrected chi connectivity index (χ2v) is 9.37. The number of nitrogens with one attached hydrogen (secondary N) is 1. The molecule has 0 saturated heterocycles. The molecule has 2 aromatic carbocycles. The average molecular weight is 495 g/mol. The van der Waals surface area contributed by atoms with E-state index in [9.17, 15) is 9.59 Å². The van der Waals surface area contributed by atoms with E-state index in [1.165, 1.54) is 25.6 Å². The summed E-state index contributed by atoms with van der Waals surface area (Å²) in [6, 6.07) is 14.2. The smallest absolute Gasteiger partial charge is 0.254 e. The number of likely N-dealkylation sites (N-methyl/N-ethyl adjacent to an activating group) is 1. The minimum Gasteiger partial charge on any atom is -0.493 e. The fourth-order valence-corrected chi connectivity index (χ4v) is 5.54. The van der Waals surface area contributed by atoms with Crippen molar-refractivity contribution < 1.29 is 28.5 Å². The van der Waals surface area contributed by atoms with Crippen molar-refractivity contribution in [3.63, 3.8) is 0 Å². The van der Waals surface area contributed by atoms with Gasteiger partial charge in [-0.05, 0) is 41.3 Å². The summed E-state index contributed by atoms with van der Waals surface area (Å²) in [4.78, 5) is 29.6. The van der Waals surface area contributed by atoms with Gasteiger partial charge in [-0.25, -0.2) is 0 Å². The Bertz CT molecular complexity index is 1240. The highest BCUT2D eigenvalue weighted by molar-refractivity contribution is 7.10. The molecule has 3 atom stereocenters. The Hall–Kier alpha value is -3.72. The summed E-state index contributed by atoms with van der Waals surface area (Å²) in [7, 11) is 4.77. The van der Waals surface area contributed by atoms with Gasteiger partial charge in [0.25, 0.3) is 5.91 Å². The number of fused-ring (bicyclic) bond motifs is 2. The number of nitrogens with zero attached hydrogens (tertiary/aromatic N) is 1. The Labute approximate surface area is 207 Å². The normalized spacial score (nSPS) is 20.7. The number of para-hydroxylation sites is 2. The van der Waals surface area contributed by atoms with Gasteiger partial charge < -0.3 is 29.2 Å². The molecule has 0 bridgehead atoms. The van der Waals surface area contributed by atoms with Crippen LogP contribution in [0.2, 0.25) is 0 Å². The molecule has 2 amide bonds. The number of benzene rings is 2. The molecule has 0 fully saturated rings. The molecule has 182 valence electrons. The SMILES string of the molecule is COc1cc2c(cc1OC)[C@H](C(=O)NC[C@@H]1COc3ccccc3O1)[C@@H](c1cccs1)N(C)C2=O. The number of thiophene rings is 1. The van der Waals surface area contributed by atoms with Crippen LogP contribution >= 0.6 is 11.3 Å². The maximum atomic E-state index is 13.7. The first-order valence-corrected chi connectivity index (χ1v) is 12.1. The molecule has 0 spiro atoms. The molecule has 5 rings (SSSR count). The molecule has 0 radical (unpaired) electrons. The highest BCUT2D eigenvalue weighted by atomic mass is 32.1. The van der Waals surface area contributed by atoms with Crippen molar-refractivity contribution in [2.45, 2.75) is 18.1 Å². The number of carbonyl (C=O) groups is 2.